The van der Waals surface area contributed by atoms with Crippen LogP contribution in [0.1, 0.15) is 37.3 Å². The Hall–Kier alpha value is -0.350. The summed E-state index contributed by atoms with van der Waals surface area (Å²) >= 11 is 11.8. The second kappa shape index (κ2) is 7.28. The quantitative estimate of drug-likeness (QED) is 0.623. The van der Waals surface area contributed by atoms with E-state index in [1.165, 1.54) is 15.3 Å². The van der Waals surface area contributed by atoms with Crippen LogP contribution in [0, 0.1) is 12.8 Å². The van der Waals surface area contributed by atoms with Crippen molar-refractivity contribution in [1.29, 1.82) is 0 Å². The molecule has 21 heavy (non-hydrogen) atoms. The van der Waals surface area contributed by atoms with Crippen molar-refractivity contribution >= 4 is 38.9 Å². The van der Waals surface area contributed by atoms with Crippen LogP contribution in [0.3, 0.4) is 0 Å². The normalized spacial score (nSPS) is 12.9. The Bertz CT molecular complexity index is 621. The van der Waals surface area contributed by atoms with Crippen molar-refractivity contribution < 1.29 is 0 Å². The van der Waals surface area contributed by atoms with E-state index < -0.39 is 0 Å². The Morgan fingerprint density at radius 3 is 2.62 bits per heavy atom. The third-order valence-electron chi connectivity index (χ3n) is 3.54. The van der Waals surface area contributed by atoms with Crippen LogP contribution in [0.25, 0.3) is 10.4 Å². The summed E-state index contributed by atoms with van der Waals surface area (Å²) in [5.41, 5.74) is 2.26. The first-order chi connectivity index (χ1) is 9.93. The number of thiophene rings is 1. The molecule has 0 aliphatic rings. The average molecular weight is 387 g/mol. The van der Waals surface area contributed by atoms with Gasteiger partial charge in [-0.05, 0) is 49.2 Å². The molecule has 0 bridgehead atoms. The third-order valence-corrected chi connectivity index (χ3v) is 5.80. The highest BCUT2D eigenvalue weighted by Crippen LogP contribution is 2.39. The molecule has 1 unspecified atom stereocenters. The molecule has 114 valence electrons. The topological polar surface area (TPSA) is 12.0 Å². The van der Waals surface area contributed by atoms with Gasteiger partial charge in [-0.2, -0.15) is 0 Å². The summed E-state index contributed by atoms with van der Waals surface area (Å²) < 4.78 is 1.10. The highest BCUT2D eigenvalue weighted by molar-refractivity contribution is 9.10. The zero-order valence-electron chi connectivity index (χ0n) is 12.8. The first kappa shape index (κ1) is 17.0. The molecule has 1 nitrogen and oxygen atoms in total. The lowest BCUT2D eigenvalue weighted by atomic mass is 10.0. The highest BCUT2D eigenvalue weighted by Gasteiger charge is 2.18. The number of halogens is 2. The van der Waals surface area contributed by atoms with E-state index in [1.54, 1.807) is 0 Å². The number of rotatable bonds is 5. The maximum absolute atomic E-state index is 6.28. The molecule has 1 atom stereocenters. The van der Waals surface area contributed by atoms with Crippen molar-refractivity contribution in [2.75, 3.05) is 6.54 Å². The minimum absolute atomic E-state index is 0.411. The Labute approximate surface area is 144 Å². The van der Waals surface area contributed by atoms with Gasteiger partial charge >= 0.3 is 0 Å². The Morgan fingerprint density at radius 1 is 1.29 bits per heavy atom. The van der Waals surface area contributed by atoms with E-state index in [0.29, 0.717) is 12.0 Å². The fourth-order valence-electron chi connectivity index (χ4n) is 2.38. The van der Waals surface area contributed by atoms with E-state index in [1.807, 2.05) is 24.3 Å². The number of hydrogen-bond acceptors (Lipinski definition) is 2. The molecule has 0 spiro atoms. The van der Waals surface area contributed by atoms with E-state index in [2.05, 4.69) is 60.2 Å². The molecule has 1 aromatic carbocycles. The van der Waals surface area contributed by atoms with Gasteiger partial charge in [-0.15, -0.1) is 11.3 Å². The van der Waals surface area contributed by atoms with Crippen molar-refractivity contribution in [3.05, 3.63) is 44.2 Å². The molecular formula is C17H21BrClNS. The average Bonchev–Trinajstić information content (AvgIpc) is 2.89. The lowest BCUT2D eigenvalue weighted by molar-refractivity contribution is 0.428. The van der Waals surface area contributed by atoms with Gasteiger partial charge in [0.25, 0.3) is 0 Å². The molecule has 0 aliphatic heterocycles. The largest absolute Gasteiger partial charge is 0.309 e. The minimum Gasteiger partial charge on any atom is -0.309 e. The molecule has 1 heterocycles. The van der Waals surface area contributed by atoms with E-state index in [0.717, 1.165) is 21.6 Å². The zero-order valence-corrected chi connectivity index (χ0v) is 16.0. The van der Waals surface area contributed by atoms with Crippen LogP contribution in [-0.2, 0) is 0 Å². The molecule has 4 heteroatoms. The summed E-state index contributed by atoms with van der Waals surface area (Å²) in [6, 6.07) is 8.97. The van der Waals surface area contributed by atoms with Crippen LogP contribution in [0.15, 0.2) is 28.7 Å². The van der Waals surface area contributed by atoms with Crippen LogP contribution in [0.2, 0.25) is 5.02 Å². The lowest BCUT2D eigenvalue weighted by Crippen LogP contribution is -2.24. The van der Waals surface area contributed by atoms with E-state index in [-0.39, 0.29) is 0 Å². The first-order valence-corrected chi connectivity index (χ1v) is 9.22. The van der Waals surface area contributed by atoms with Gasteiger partial charge in [0, 0.05) is 30.9 Å². The van der Waals surface area contributed by atoms with Crippen molar-refractivity contribution in [2.45, 2.75) is 33.7 Å². The second-order valence-electron chi connectivity index (χ2n) is 5.56. The van der Waals surface area contributed by atoms with Crippen molar-refractivity contribution in [2.24, 2.45) is 5.92 Å². The maximum atomic E-state index is 6.28. The van der Waals surface area contributed by atoms with E-state index in [4.69, 9.17) is 11.6 Å². The zero-order chi connectivity index (χ0) is 15.6. The molecule has 0 amide bonds. The summed E-state index contributed by atoms with van der Waals surface area (Å²) in [6.45, 7) is 9.67. The molecule has 0 fully saturated rings. The van der Waals surface area contributed by atoms with Gasteiger partial charge in [0.05, 0.1) is 0 Å². The van der Waals surface area contributed by atoms with Crippen LogP contribution in [-0.4, -0.2) is 6.54 Å². The molecule has 0 saturated heterocycles. The van der Waals surface area contributed by atoms with Crippen LogP contribution in [0.5, 0.6) is 0 Å². The molecule has 2 rings (SSSR count). The van der Waals surface area contributed by atoms with Gasteiger partial charge in [-0.3, -0.25) is 0 Å². The van der Waals surface area contributed by atoms with Gasteiger partial charge in [0.15, 0.2) is 0 Å². The standard InChI is InChI=1S/C17H21BrClNS/c1-5-20-17(10(2)3)16-7-6-15(21-16)12-9-14(19)11(4)8-13(12)18/h6-10,17,20H,5H2,1-4H3. The lowest BCUT2D eigenvalue weighted by Gasteiger charge is -2.20. The number of hydrogen-bond donors (Lipinski definition) is 1. The van der Waals surface area contributed by atoms with E-state index in [9.17, 15) is 0 Å². The first-order valence-electron chi connectivity index (χ1n) is 7.23. The summed E-state index contributed by atoms with van der Waals surface area (Å²) in [5, 5.41) is 4.39. The second-order valence-corrected chi connectivity index (χ2v) is 7.94. The van der Waals surface area contributed by atoms with E-state index >= 15 is 0 Å². The predicted molar refractivity (Wildman–Crippen MR) is 98.5 cm³/mol. The third kappa shape index (κ3) is 3.89. The Kier molecular flexibility index (Phi) is 5.89. The van der Waals surface area contributed by atoms with Gasteiger partial charge in [-0.25, -0.2) is 0 Å². The van der Waals surface area contributed by atoms with Gasteiger partial charge in [0.2, 0.25) is 0 Å². The molecule has 0 aliphatic carbocycles. The Morgan fingerprint density at radius 2 is 2.00 bits per heavy atom. The molecule has 1 aromatic heterocycles. The monoisotopic (exact) mass is 385 g/mol. The summed E-state index contributed by atoms with van der Waals surface area (Å²) in [5.74, 6) is 0.571. The predicted octanol–water partition coefficient (Wildman–Crippen LogP) is 6.45. The molecule has 0 radical (unpaired) electrons. The SMILES string of the molecule is CCNC(c1ccc(-c2cc(Cl)c(C)cc2Br)s1)C(C)C. The maximum Gasteiger partial charge on any atom is 0.0442 e. The van der Waals surface area contributed by atoms with Crippen molar-refractivity contribution in [3.8, 4) is 10.4 Å². The number of benzene rings is 1. The molecule has 2 aromatic rings. The fraction of sp³-hybridized carbons (Fsp3) is 0.412. The fourth-order valence-corrected chi connectivity index (χ4v) is 4.64. The molecule has 1 N–H and O–H groups in total. The number of nitrogens with one attached hydrogen (secondary N) is 1. The molecular weight excluding hydrogens is 366 g/mol. The minimum atomic E-state index is 0.411. The van der Waals surface area contributed by atoms with Gasteiger partial charge in [0.1, 0.15) is 0 Å². The highest BCUT2D eigenvalue weighted by atomic mass is 79.9. The number of aryl methyl sites for hydroxylation is 1. The summed E-state index contributed by atoms with van der Waals surface area (Å²) in [6.07, 6.45) is 0. The van der Waals surface area contributed by atoms with Crippen molar-refractivity contribution in [1.82, 2.24) is 5.32 Å². The van der Waals surface area contributed by atoms with Crippen molar-refractivity contribution in [3.63, 3.8) is 0 Å². The van der Waals surface area contributed by atoms with Gasteiger partial charge in [-0.1, -0.05) is 48.3 Å². The molecule has 0 saturated carbocycles. The van der Waals surface area contributed by atoms with Crippen LogP contribution < -0.4 is 5.32 Å². The summed E-state index contributed by atoms with van der Waals surface area (Å²) in [4.78, 5) is 2.63. The van der Waals surface area contributed by atoms with Crippen LogP contribution >= 0.6 is 38.9 Å². The Balaban J connectivity index is 2.37. The smallest absolute Gasteiger partial charge is 0.0442 e. The summed E-state index contributed by atoms with van der Waals surface area (Å²) in [7, 11) is 0. The van der Waals surface area contributed by atoms with Crippen LogP contribution in [0.4, 0.5) is 0 Å². The van der Waals surface area contributed by atoms with Gasteiger partial charge < -0.3 is 5.32 Å².